The topological polar surface area (TPSA) is 70.2 Å². The Hall–Kier alpha value is -4.71. The van der Waals surface area contributed by atoms with E-state index in [1.54, 1.807) is 6.07 Å². The lowest BCUT2D eigenvalue weighted by Gasteiger charge is -2.23. The Kier molecular flexibility index (Phi) is 5.57. The fraction of sp³-hybridized carbons (Fsp3) is 0.129. The number of methoxy groups -OCH3 is 1. The molecule has 0 amide bonds. The van der Waals surface area contributed by atoms with E-state index in [9.17, 15) is 4.79 Å². The second-order valence-corrected chi connectivity index (χ2v) is 9.11. The largest absolute Gasteiger partial charge is 0.465 e. The van der Waals surface area contributed by atoms with Crippen LogP contribution in [0.1, 0.15) is 39.0 Å². The van der Waals surface area contributed by atoms with Gasteiger partial charge in [0.15, 0.2) is 0 Å². The zero-order valence-electron chi connectivity index (χ0n) is 20.8. The van der Waals surface area contributed by atoms with Crippen LogP contribution in [-0.2, 0) is 4.74 Å². The van der Waals surface area contributed by atoms with Crippen LogP contribution in [0.5, 0.6) is 0 Å². The predicted octanol–water partition coefficient (Wildman–Crippen LogP) is 6.89. The van der Waals surface area contributed by atoms with Gasteiger partial charge < -0.3 is 13.8 Å². The molecular weight excluding hydrogens is 462 g/mol. The van der Waals surface area contributed by atoms with Crippen molar-refractivity contribution in [3.05, 3.63) is 119 Å². The number of carbonyl (C=O) groups is 1. The van der Waals surface area contributed by atoms with Crippen LogP contribution >= 0.6 is 0 Å². The van der Waals surface area contributed by atoms with E-state index in [-0.39, 0.29) is 12.0 Å². The van der Waals surface area contributed by atoms with Crippen molar-refractivity contribution >= 4 is 27.9 Å². The first-order chi connectivity index (χ1) is 18.1. The zero-order chi connectivity index (χ0) is 25.5. The highest BCUT2D eigenvalue weighted by Crippen LogP contribution is 2.39. The van der Waals surface area contributed by atoms with E-state index in [4.69, 9.17) is 14.2 Å². The van der Waals surface area contributed by atoms with E-state index >= 15 is 0 Å². The van der Waals surface area contributed by atoms with Crippen molar-refractivity contribution in [1.82, 2.24) is 14.7 Å². The molecule has 3 aromatic heterocycles. The summed E-state index contributed by atoms with van der Waals surface area (Å²) < 4.78 is 12.8. The van der Waals surface area contributed by atoms with Gasteiger partial charge in [-0.3, -0.25) is 4.98 Å². The molecule has 0 N–H and O–H groups in total. The summed E-state index contributed by atoms with van der Waals surface area (Å²) in [6.07, 6.45) is 1.87. The van der Waals surface area contributed by atoms with Gasteiger partial charge in [-0.1, -0.05) is 65.8 Å². The highest BCUT2D eigenvalue weighted by molar-refractivity contribution is 6.09. The number of hydrogen-bond acceptors (Lipinski definition) is 5. The summed E-state index contributed by atoms with van der Waals surface area (Å²) in [5, 5.41) is 5.11. The molecule has 0 bridgehead atoms. The molecule has 0 aliphatic rings. The molecule has 0 fully saturated rings. The number of fused-ring (bicyclic) bond motifs is 3. The summed E-state index contributed by atoms with van der Waals surface area (Å²) >= 11 is 0. The summed E-state index contributed by atoms with van der Waals surface area (Å²) in [4.78, 5) is 17.4. The number of benzene rings is 3. The van der Waals surface area contributed by atoms with E-state index in [0.29, 0.717) is 5.56 Å². The van der Waals surface area contributed by atoms with Crippen LogP contribution in [0.25, 0.3) is 33.1 Å². The lowest BCUT2D eigenvalue weighted by molar-refractivity contribution is 0.0601. The SMILES string of the molecule is COC(=O)c1ccc2c3ncc(-c4c(C)noc4C)cc3n(C(c3ccccc3)c3ccccc3)c2c1. The molecule has 182 valence electrons. The van der Waals surface area contributed by atoms with Crippen molar-refractivity contribution in [1.29, 1.82) is 0 Å². The van der Waals surface area contributed by atoms with Gasteiger partial charge in [0.1, 0.15) is 5.76 Å². The molecule has 3 heterocycles. The van der Waals surface area contributed by atoms with Crippen molar-refractivity contribution in [2.75, 3.05) is 7.11 Å². The average Bonchev–Trinajstić information content (AvgIpc) is 3.45. The summed E-state index contributed by atoms with van der Waals surface area (Å²) in [6.45, 7) is 3.85. The van der Waals surface area contributed by atoms with E-state index < -0.39 is 0 Å². The molecule has 0 saturated heterocycles. The summed E-state index contributed by atoms with van der Waals surface area (Å²) in [5.41, 5.74) is 8.14. The summed E-state index contributed by atoms with van der Waals surface area (Å²) in [6, 6.07) is 28.4. The van der Waals surface area contributed by atoms with Gasteiger partial charge in [0, 0.05) is 22.7 Å². The normalized spacial score (nSPS) is 11.5. The first-order valence-corrected chi connectivity index (χ1v) is 12.1. The zero-order valence-corrected chi connectivity index (χ0v) is 20.8. The quantitative estimate of drug-likeness (QED) is 0.248. The number of rotatable bonds is 5. The molecule has 6 heteroatoms. The molecule has 0 aliphatic heterocycles. The number of hydrogen-bond donors (Lipinski definition) is 0. The second-order valence-electron chi connectivity index (χ2n) is 9.11. The average molecular weight is 488 g/mol. The number of aryl methyl sites for hydroxylation is 2. The third-order valence-corrected chi connectivity index (χ3v) is 6.87. The first kappa shape index (κ1) is 22.7. The van der Waals surface area contributed by atoms with E-state index in [1.807, 2.05) is 68.6 Å². The molecule has 0 unspecified atom stereocenters. The number of carbonyl (C=O) groups excluding carboxylic acids is 1. The molecule has 37 heavy (non-hydrogen) atoms. The Morgan fingerprint density at radius 3 is 2.16 bits per heavy atom. The maximum Gasteiger partial charge on any atom is 0.337 e. The van der Waals surface area contributed by atoms with Gasteiger partial charge in [0.05, 0.1) is 41.0 Å². The monoisotopic (exact) mass is 487 g/mol. The lowest BCUT2D eigenvalue weighted by Crippen LogP contribution is -2.12. The minimum atomic E-state index is -0.376. The third kappa shape index (κ3) is 3.78. The number of esters is 1. The van der Waals surface area contributed by atoms with Crippen LogP contribution in [0.3, 0.4) is 0 Å². The molecule has 0 spiro atoms. The minimum absolute atomic E-state index is 0.156. The Labute approximate surface area is 214 Å². The van der Waals surface area contributed by atoms with E-state index in [2.05, 4.69) is 40.1 Å². The standard InChI is InChI=1S/C31H25N3O3/c1-19-28(20(2)37-33-19)24-17-27-29(32-18-24)25-15-14-23(31(35)36-3)16-26(25)34(27)30(21-10-6-4-7-11-21)22-12-8-5-9-13-22/h4-18,30H,1-3H3. The van der Waals surface area contributed by atoms with Gasteiger partial charge in [0.25, 0.3) is 0 Å². The highest BCUT2D eigenvalue weighted by Gasteiger charge is 2.24. The lowest BCUT2D eigenvalue weighted by atomic mass is 9.98. The Morgan fingerprint density at radius 2 is 1.57 bits per heavy atom. The van der Waals surface area contributed by atoms with Crippen molar-refractivity contribution in [2.45, 2.75) is 19.9 Å². The molecule has 6 nitrogen and oxygen atoms in total. The second kappa shape index (κ2) is 9.06. The van der Waals surface area contributed by atoms with E-state index in [1.165, 1.54) is 7.11 Å². The van der Waals surface area contributed by atoms with Crippen LogP contribution in [0.15, 0.2) is 95.6 Å². The maximum atomic E-state index is 12.5. The third-order valence-electron chi connectivity index (χ3n) is 6.87. The molecule has 0 radical (unpaired) electrons. The van der Waals surface area contributed by atoms with Gasteiger partial charge in [0.2, 0.25) is 0 Å². The van der Waals surface area contributed by atoms with Gasteiger partial charge in [-0.2, -0.15) is 0 Å². The Morgan fingerprint density at radius 1 is 0.892 bits per heavy atom. The first-order valence-electron chi connectivity index (χ1n) is 12.1. The number of aromatic nitrogens is 3. The fourth-order valence-corrected chi connectivity index (χ4v) is 5.22. The number of pyridine rings is 1. The fourth-order valence-electron chi connectivity index (χ4n) is 5.22. The Balaban J connectivity index is 1.74. The van der Waals surface area contributed by atoms with Crippen LogP contribution in [0, 0.1) is 13.8 Å². The van der Waals surface area contributed by atoms with Crippen LogP contribution in [-0.4, -0.2) is 27.8 Å². The Bertz CT molecular complexity index is 1690. The van der Waals surface area contributed by atoms with Gasteiger partial charge in [-0.05, 0) is 49.2 Å². The van der Waals surface area contributed by atoms with Crippen molar-refractivity contribution in [3.63, 3.8) is 0 Å². The summed E-state index contributed by atoms with van der Waals surface area (Å²) in [5.74, 6) is 0.371. The molecule has 0 aliphatic carbocycles. The molecule has 0 atom stereocenters. The van der Waals surface area contributed by atoms with Crippen LogP contribution in [0.2, 0.25) is 0 Å². The maximum absolute atomic E-state index is 12.5. The van der Waals surface area contributed by atoms with Crippen LogP contribution in [0.4, 0.5) is 0 Å². The number of ether oxygens (including phenoxy) is 1. The van der Waals surface area contributed by atoms with Gasteiger partial charge in [-0.15, -0.1) is 0 Å². The highest BCUT2D eigenvalue weighted by atomic mass is 16.5. The van der Waals surface area contributed by atoms with Crippen molar-refractivity contribution in [2.24, 2.45) is 0 Å². The summed E-state index contributed by atoms with van der Waals surface area (Å²) in [7, 11) is 1.40. The van der Waals surface area contributed by atoms with Gasteiger partial charge >= 0.3 is 5.97 Å². The molecule has 6 aromatic rings. The number of nitrogens with zero attached hydrogens (tertiary/aromatic N) is 3. The smallest absolute Gasteiger partial charge is 0.337 e. The van der Waals surface area contributed by atoms with Crippen molar-refractivity contribution < 1.29 is 14.1 Å². The molecule has 0 saturated carbocycles. The van der Waals surface area contributed by atoms with E-state index in [0.717, 1.165) is 55.6 Å². The predicted molar refractivity (Wildman–Crippen MR) is 144 cm³/mol. The van der Waals surface area contributed by atoms with Crippen molar-refractivity contribution in [3.8, 4) is 11.1 Å². The minimum Gasteiger partial charge on any atom is -0.465 e. The van der Waals surface area contributed by atoms with Crippen LogP contribution < -0.4 is 0 Å². The molecular formula is C31H25N3O3. The molecule has 3 aromatic carbocycles. The molecule has 6 rings (SSSR count). The van der Waals surface area contributed by atoms with Gasteiger partial charge in [-0.25, -0.2) is 4.79 Å².